The van der Waals surface area contributed by atoms with Crippen molar-refractivity contribution in [2.75, 3.05) is 56.2 Å². The van der Waals surface area contributed by atoms with E-state index >= 15 is 0 Å². The highest BCUT2D eigenvalue weighted by Crippen LogP contribution is 2.35. The van der Waals surface area contributed by atoms with E-state index in [-0.39, 0.29) is 24.0 Å². The van der Waals surface area contributed by atoms with Crippen LogP contribution in [-0.2, 0) is 4.79 Å². The van der Waals surface area contributed by atoms with Crippen LogP contribution in [0.2, 0.25) is 5.02 Å². The fourth-order valence-corrected chi connectivity index (χ4v) is 5.86. The molecule has 2 aliphatic rings. The van der Waals surface area contributed by atoms with E-state index in [0.717, 1.165) is 45.4 Å². The predicted octanol–water partition coefficient (Wildman–Crippen LogP) is 4.51. The van der Waals surface area contributed by atoms with Crippen molar-refractivity contribution in [1.82, 2.24) is 25.0 Å². The number of halogens is 2. The molecule has 12 heteroatoms. The Balaban J connectivity index is 1.26. The van der Waals surface area contributed by atoms with Crippen LogP contribution < -0.4 is 10.6 Å². The Kier molecular flexibility index (Phi) is 9.48. The molecule has 0 unspecified atom stereocenters. The number of anilines is 3. The molecule has 40 heavy (non-hydrogen) atoms. The van der Waals surface area contributed by atoms with Crippen molar-refractivity contribution in [1.29, 1.82) is 0 Å². The zero-order valence-electron chi connectivity index (χ0n) is 22.3. The van der Waals surface area contributed by atoms with Crippen molar-refractivity contribution < 1.29 is 14.3 Å². The van der Waals surface area contributed by atoms with E-state index in [1.54, 1.807) is 24.4 Å². The van der Waals surface area contributed by atoms with E-state index in [2.05, 4.69) is 42.7 Å². The Morgan fingerprint density at radius 2 is 2.00 bits per heavy atom. The number of hydrogen-bond donors (Lipinski definition) is 3. The monoisotopic (exact) mass is 585 g/mol. The number of likely N-dealkylation sites (N-methyl/N-ethyl adjacent to an activating group) is 1. The zero-order valence-corrected chi connectivity index (χ0v) is 23.9. The summed E-state index contributed by atoms with van der Waals surface area (Å²) >= 11 is 7.41. The van der Waals surface area contributed by atoms with Gasteiger partial charge in [0.1, 0.15) is 16.7 Å². The Hall–Kier alpha value is -2.83. The predicted molar refractivity (Wildman–Crippen MR) is 157 cm³/mol. The molecule has 2 fully saturated rings. The Morgan fingerprint density at radius 3 is 2.83 bits per heavy atom. The number of amides is 1. The number of carbonyl (C=O) groups is 1. The Bertz CT molecular complexity index is 1340. The summed E-state index contributed by atoms with van der Waals surface area (Å²) in [6.07, 6.45) is 4.51. The molecule has 1 aliphatic heterocycles. The topological polar surface area (TPSA) is 107 Å². The molecule has 3 N–H and O–H groups in total. The standard InChI is InChI=1S/C28H33ClFN7O2S/c1-36-7-2-8-37(10-9-36)21-13-18(14-21)27(39)33-26-16-20(5-6-31-26)32-25-17-24(34-35-28(25)40-12-11-38)22-15-19(29)3-4-23(22)30/h3-6,15-18,21,38H,2,7-14H2,1H3,(H2,31,32,33,34,39). The molecule has 0 radical (unpaired) electrons. The van der Waals surface area contributed by atoms with Crippen molar-refractivity contribution in [3.05, 3.63) is 53.4 Å². The molecule has 3 heterocycles. The molecule has 212 valence electrons. The number of benzene rings is 1. The lowest BCUT2D eigenvalue weighted by atomic mass is 9.78. The number of thioether (sulfide) groups is 1. The van der Waals surface area contributed by atoms with Crippen LogP contribution in [0.4, 0.5) is 21.6 Å². The number of aliphatic hydroxyl groups is 1. The summed E-state index contributed by atoms with van der Waals surface area (Å²) in [5, 5.41) is 24.9. The van der Waals surface area contributed by atoms with Gasteiger partial charge in [0.15, 0.2) is 0 Å². The maximum Gasteiger partial charge on any atom is 0.228 e. The van der Waals surface area contributed by atoms with Crippen LogP contribution in [0.15, 0.2) is 47.6 Å². The minimum absolute atomic E-state index is 0.0173. The zero-order chi connectivity index (χ0) is 28.1. The van der Waals surface area contributed by atoms with Crippen LogP contribution >= 0.6 is 23.4 Å². The van der Waals surface area contributed by atoms with E-state index in [4.69, 9.17) is 11.6 Å². The lowest BCUT2D eigenvalue weighted by Gasteiger charge is -2.41. The highest BCUT2D eigenvalue weighted by molar-refractivity contribution is 7.99. The Labute approximate surface area is 242 Å². The molecule has 1 aliphatic carbocycles. The fourth-order valence-electron chi connectivity index (χ4n) is 5.04. The van der Waals surface area contributed by atoms with Crippen molar-refractivity contribution in [3.63, 3.8) is 0 Å². The van der Waals surface area contributed by atoms with E-state index < -0.39 is 5.82 Å². The van der Waals surface area contributed by atoms with Crippen LogP contribution in [-0.4, -0.2) is 87.6 Å². The molecule has 0 atom stereocenters. The first kappa shape index (κ1) is 28.7. The number of carbonyl (C=O) groups excluding carboxylic acids is 1. The van der Waals surface area contributed by atoms with E-state index in [1.807, 2.05) is 0 Å². The van der Waals surface area contributed by atoms with Crippen LogP contribution in [0.25, 0.3) is 11.3 Å². The highest BCUT2D eigenvalue weighted by Gasteiger charge is 2.38. The number of nitrogens with one attached hydrogen (secondary N) is 2. The first-order valence-corrected chi connectivity index (χ1v) is 14.8. The Morgan fingerprint density at radius 1 is 1.15 bits per heavy atom. The van der Waals surface area contributed by atoms with Gasteiger partial charge in [-0.25, -0.2) is 9.37 Å². The minimum Gasteiger partial charge on any atom is -0.396 e. The van der Waals surface area contributed by atoms with Crippen LogP contribution in [0.5, 0.6) is 0 Å². The third-order valence-corrected chi connectivity index (χ3v) is 8.54. The highest BCUT2D eigenvalue weighted by atomic mass is 35.5. The summed E-state index contributed by atoms with van der Waals surface area (Å²) in [4.78, 5) is 22.2. The van der Waals surface area contributed by atoms with Gasteiger partial charge >= 0.3 is 0 Å². The third kappa shape index (κ3) is 7.08. The van der Waals surface area contributed by atoms with Crippen LogP contribution in [0.1, 0.15) is 19.3 Å². The van der Waals surface area contributed by atoms with Gasteiger partial charge in [-0.15, -0.1) is 22.0 Å². The number of aliphatic hydroxyl groups excluding tert-OH is 1. The van der Waals surface area contributed by atoms with Gasteiger partial charge in [-0.1, -0.05) is 11.6 Å². The lowest BCUT2D eigenvalue weighted by molar-refractivity contribution is -0.124. The summed E-state index contributed by atoms with van der Waals surface area (Å²) in [5.74, 6) is 0.364. The average Bonchev–Trinajstić information content (AvgIpc) is 3.13. The average molecular weight is 586 g/mol. The van der Waals surface area contributed by atoms with Gasteiger partial charge in [0, 0.05) is 59.3 Å². The van der Waals surface area contributed by atoms with E-state index in [1.165, 1.54) is 30.0 Å². The quantitative estimate of drug-likeness (QED) is 0.313. The summed E-state index contributed by atoms with van der Waals surface area (Å²) in [7, 11) is 2.16. The van der Waals surface area contributed by atoms with Crippen molar-refractivity contribution in [3.8, 4) is 11.3 Å². The third-order valence-electron chi connectivity index (χ3n) is 7.34. The second-order valence-electron chi connectivity index (χ2n) is 10.2. The molecule has 5 rings (SSSR count). The molecule has 2 aromatic heterocycles. The van der Waals surface area contributed by atoms with Gasteiger partial charge in [0.25, 0.3) is 0 Å². The number of hydrogen-bond acceptors (Lipinski definition) is 9. The molecular weight excluding hydrogens is 553 g/mol. The second kappa shape index (κ2) is 13.2. The molecule has 0 spiro atoms. The van der Waals surface area contributed by atoms with Crippen LogP contribution in [0.3, 0.4) is 0 Å². The fraction of sp³-hybridized carbons (Fsp3) is 0.429. The molecule has 1 aromatic carbocycles. The SMILES string of the molecule is CN1CCCN(C2CC(C(=O)Nc3cc(Nc4cc(-c5cc(Cl)ccc5F)nnc4SCCO)ccn3)C2)CC1. The van der Waals surface area contributed by atoms with Gasteiger partial charge in [-0.05, 0) is 69.7 Å². The van der Waals surface area contributed by atoms with Gasteiger partial charge in [-0.3, -0.25) is 9.69 Å². The summed E-state index contributed by atoms with van der Waals surface area (Å²) in [5.41, 5.74) is 1.79. The molecule has 1 saturated carbocycles. The number of pyridine rings is 1. The number of aromatic nitrogens is 3. The largest absolute Gasteiger partial charge is 0.396 e. The van der Waals surface area contributed by atoms with Gasteiger partial charge in [0.2, 0.25) is 5.91 Å². The number of rotatable bonds is 9. The van der Waals surface area contributed by atoms with Crippen LogP contribution in [0, 0.1) is 11.7 Å². The maximum atomic E-state index is 14.5. The molecule has 3 aromatic rings. The van der Waals surface area contributed by atoms with Gasteiger partial charge in [0.05, 0.1) is 18.0 Å². The summed E-state index contributed by atoms with van der Waals surface area (Å²) in [6, 6.07) is 9.94. The van der Waals surface area contributed by atoms with Gasteiger partial charge < -0.3 is 20.6 Å². The van der Waals surface area contributed by atoms with Crippen molar-refractivity contribution in [2.24, 2.45) is 5.92 Å². The first-order valence-electron chi connectivity index (χ1n) is 13.4. The molecular formula is C28H33ClFN7O2S. The molecule has 9 nitrogen and oxygen atoms in total. The van der Waals surface area contributed by atoms with E-state index in [9.17, 15) is 14.3 Å². The molecule has 0 bridgehead atoms. The first-order chi connectivity index (χ1) is 19.4. The van der Waals surface area contributed by atoms with E-state index in [0.29, 0.717) is 44.7 Å². The second-order valence-corrected chi connectivity index (χ2v) is 11.7. The van der Waals surface area contributed by atoms with Gasteiger partial charge in [-0.2, -0.15) is 0 Å². The van der Waals surface area contributed by atoms with Crippen molar-refractivity contribution >= 4 is 46.5 Å². The lowest BCUT2D eigenvalue weighted by Crippen LogP contribution is -2.49. The molecule has 1 saturated heterocycles. The smallest absolute Gasteiger partial charge is 0.228 e. The normalized spacial score (nSPS) is 20.0. The van der Waals surface area contributed by atoms with Crippen molar-refractivity contribution in [2.45, 2.75) is 30.3 Å². The summed E-state index contributed by atoms with van der Waals surface area (Å²) < 4.78 is 14.5. The minimum atomic E-state index is -0.462. The number of nitrogens with zero attached hydrogens (tertiary/aromatic N) is 5. The molecule has 1 amide bonds. The summed E-state index contributed by atoms with van der Waals surface area (Å²) in [6.45, 7) is 4.31. The maximum absolute atomic E-state index is 14.5.